The minimum absolute atomic E-state index is 0.0639. The molecule has 2 nitrogen and oxygen atoms in total. The Labute approximate surface area is 143 Å². The van der Waals surface area contributed by atoms with Crippen LogP contribution in [0.5, 0.6) is 0 Å². The van der Waals surface area contributed by atoms with E-state index in [0.717, 1.165) is 0 Å². The van der Waals surface area contributed by atoms with Crippen LogP contribution < -0.4 is 4.90 Å². The molecule has 0 bridgehead atoms. The first-order valence-corrected chi connectivity index (χ1v) is 9.37. The van der Waals surface area contributed by atoms with E-state index < -0.39 is 0 Å². The van der Waals surface area contributed by atoms with Crippen molar-refractivity contribution in [3.05, 3.63) is 45.4 Å². The summed E-state index contributed by atoms with van der Waals surface area (Å²) < 4.78 is 0. The van der Waals surface area contributed by atoms with Gasteiger partial charge in [0.15, 0.2) is 0 Å². The summed E-state index contributed by atoms with van der Waals surface area (Å²) in [7, 11) is 0. The summed E-state index contributed by atoms with van der Waals surface area (Å²) in [4.78, 5) is 8.95. The van der Waals surface area contributed by atoms with Crippen LogP contribution in [-0.4, -0.2) is 4.98 Å². The first-order valence-electron chi connectivity index (χ1n) is 8.49. The zero-order valence-corrected chi connectivity index (χ0v) is 16.0. The molecule has 0 radical (unpaired) electrons. The fourth-order valence-electron chi connectivity index (χ4n) is 4.98. The third-order valence-corrected chi connectivity index (χ3v) is 8.24. The number of hydrogen-bond acceptors (Lipinski definition) is 3. The number of thiazole rings is 1. The van der Waals surface area contributed by atoms with Gasteiger partial charge >= 0.3 is 0 Å². The van der Waals surface area contributed by atoms with Gasteiger partial charge in [0.1, 0.15) is 0 Å². The maximum Gasteiger partial charge on any atom is 0.0873 e. The highest BCUT2D eigenvalue weighted by atomic mass is 32.1. The van der Waals surface area contributed by atoms with Gasteiger partial charge < -0.3 is 4.90 Å². The van der Waals surface area contributed by atoms with Crippen LogP contribution in [0.15, 0.2) is 23.7 Å². The molecule has 1 aromatic carbocycles. The van der Waals surface area contributed by atoms with Crippen molar-refractivity contribution >= 4 is 17.0 Å². The summed E-state index contributed by atoms with van der Waals surface area (Å²) in [5.41, 5.74) is 7.66. The molecule has 3 heterocycles. The second kappa shape index (κ2) is 4.18. The van der Waals surface area contributed by atoms with Crippen molar-refractivity contribution in [2.75, 3.05) is 4.90 Å². The Morgan fingerprint density at radius 3 is 2.52 bits per heavy atom. The lowest BCUT2D eigenvalue weighted by atomic mass is 9.52. The number of rotatable bonds is 0. The van der Waals surface area contributed by atoms with Crippen LogP contribution in [0.4, 0.5) is 5.69 Å². The Bertz CT molecular complexity index is 802. The molecule has 2 aliphatic heterocycles. The lowest BCUT2D eigenvalue weighted by Crippen LogP contribution is -2.62. The van der Waals surface area contributed by atoms with Crippen LogP contribution in [0.1, 0.15) is 69.3 Å². The van der Waals surface area contributed by atoms with Crippen LogP contribution in [0, 0.1) is 12.3 Å². The first kappa shape index (κ1) is 15.2. The van der Waals surface area contributed by atoms with E-state index in [1.165, 1.54) is 27.4 Å². The molecule has 2 aromatic rings. The fourth-order valence-corrected chi connectivity index (χ4v) is 5.92. The third-order valence-electron chi connectivity index (χ3n) is 7.24. The number of fused-ring (bicyclic) bond motifs is 5. The fraction of sp³-hybridized carbons (Fsp3) is 0.550. The van der Waals surface area contributed by atoms with Gasteiger partial charge in [-0.1, -0.05) is 45.9 Å². The molecule has 3 heteroatoms. The Hall–Kier alpha value is -1.35. The number of benzene rings is 1. The standard InChI is InChI=1S/C20H26N2S/c1-12-9-8-10-14-15(12)22-13(2)16-17(21-11-23-16)20(22,7)19(5,6)18(14,3)4/h8-11,13H,1-7H3. The first-order chi connectivity index (χ1) is 10.7. The van der Waals surface area contributed by atoms with Crippen LogP contribution in [-0.2, 0) is 11.0 Å². The highest BCUT2D eigenvalue weighted by Crippen LogP contribution is 2.67. The number of aromatic nitrogens is 1. The normalized spacial score (nSPS) is 29.9. The lowest BCUT2D eigenvalue weighted by molar-refractivity contribution is 0.0627. The van der Waals surface area contributed by atoms with Crippen molar-refractivity contribution in [3.63, 3.8) is 0 Å². The van der Waals surface area contributed by atoms with Gasteiger partial charge in [-0.05, 0) is 37.3 Å². The molecule has 0 saturated heterocycles. The van der Waals surface area contributed by atoms with Gasteiger partial charge in [0.25, 0.3) is 0 Å². The summed E-state index contributed by atoms with van der Waals surface area (Å²) >= 11 is 1.81. The number of para-hydroxylation sites is 1. The van der Waals surface area contributed by atoms with E-state index in [2.05, 4.69) is 71.6 Å². The molecule has 0 N–H and O–H groups in total. The largest absolute Gasteiger partial charge is 0.352 e. The average molecular weight is 327 g/mol. The molecule has 2 aliphatic rings. The van der Waals surface area contributed by atoms with Gasteiger partial charge in [-0.25, -0.2) is 4.98 Å². The smallest absolute Gasteiger partial charge is 0.0873 e. The van der Waals surface area contributed by atoms with Crippen LogP contribution in [0.3, 0.4) is 0 Å². The molecule has 23 heavy (non-hydrogen) atoms. The van der Waals surface area contributed by atoms with Crippen LogP contribution in [0.2, 0.25) is 0 Å². The quantitative estimate of drug-likeness (QED) is 0.629. The number of nitrogens with zero attached hydrogens (tertiary/aromatic N) is 2. The van der Waals surface area contributed by atoms with Gasteiger partial charge in [-0.3, -0.25) is 0 Å². The molecule has 2 unspecified atom stereocenters. The number of hydrogen-bond donors (Lipinski definition) is 0. The molecular formula is C20H26N2S. The summed E-state index contributed by atoms with van der Waals surface area (Å²) in [6.07, 6.45) is 0. The van der Waals surface area contributed by atoms with E-state index in [-0.39, 0.29) is 16.4 Å². The molecular weight excluding hydrogens is 300 g/mol. The molecule has 1 aromatic heterocycles. The minimum atomic E-state index is -0.0790. The van der Waals surface area contributed by atoms with E-state index >= 15 is 0 Å². The van der Waals surface area contributed by atoms with Crippen molar-refractivity contribution < 1.29 is 0 Å². The Balaban J connectivity index is 2.15. The summed E-state index contributed by atoms with van der Waals surface area (Å²) in [6.45, 7) is 16.7. The minimum Gasteiger partial charge on any atom is -0.352 e. The van der Waals surface area contributed by atoms with Crippen molar-refractivity contribution in [2.24, 2.45) is 5.41 Å². The molecule has 0 saturated carbocycles. The summed E-state index contributed by atoms with van der Waals surface area (Å²) in [5, 5.41) is 0. The van der Waals surface area contributed by atoms with E-state index in [9.17, 15) is 0 Å². The van der Waals surface area contributed by atoms with Crippen molar-refractivity contribution in [1.29, 1.82) is 0 Å². The van der Waals surface area contributed by atoms with Crippen molar-refractivity contribution in [1.82, 2.24) is 4.98 Å². The summed E-state index contributed by atoms with van der Waals surface area (Å²) in [5.74, 6) is 0. The van der Waals surface area contributed by atoms with E-state index in [4.69, 9.17) is 4.98 Å². The molecule has 0 spiro atoms. The Morgan fingerprint density at radius 2 is 1.83 bits per heavy atom. The van der Waals surface area contributed by atoms with Crippen molar-refractivity contribution in [3.8, 4) is 0 Å². The second-order valence-corrected chi connectivity index (χ2v) is 9.29. The topological polar surface area (TPSA) is 16.1 Å². The van der Waals surface area contributed by atoms with Crippen LogP contribution >= 0.6 is 11.3 Å². The Kier molecular flexibility index (Phi) is 2.76. The van der Waals surface area contributed by atoms with E-state index in [1.807, 2.05) is 16.8 Å². The maximum absolute atomic E-state index is 4.84. The predicted octanol–water partition coefficient (Wildman–Crippen LogP) is 5.57. The van der Waals surface area contributed by atoms with E-state index in [0.29, 0.717) is 6.04 Å². The molecule has 0 aliphatic carbocycles. The Morgan fingerprint density at radius 1 is 1.13 bits per heavy atom. The molecule has 0 amide bonds. The van der Waals surface area contributed by atoms with Gasteiger partial charge in [-0.2, -0.15) is 0 Å². The van der Waals surface area contributed by atoms with Gasteiger partial charge in [-0.15, -0.1) is 11.3 Å². The molecule has 4 rings (SSSR count). The predicted molar refractivity (Wildman–Crippen MR) is 98.3 cm³/mol. The summed E-state index contributed by atoms with van der Waals surface area (Å²) in [6, 6.07) is 7.18. The monoisotopic (exact) mass is 326 g/mol. The SMILES string of the molecule is Cc1cccc2c1N1C(C)c3scnc3C1(C)C(C)(C)C2(C)C. The van der Waals surface area contributed by atoms with Crippen molar-refractivity contribution in [2.45, 2.75) is 65.5 Å². The number of aryl methyl sites for hydroxylation is 1. The van der Waals surface area contributed by atoms with E-state index in [1.54, 1.807) is 0 Å². The molecule has 122 valence electrons. The second-order valence-electron chi connectivity index (χ2n) is 8.40. The van der Waals surface area contributed by atoms with Gasteiger partial charge in [0, 0.05) is 11.1 Å². The third kappa shape index (κ3) is 1.44. The highest BCUT2D eigenvalue weighted by Gasteiger charge is 2.65. The van der Waals surface area contributed by atoms with Crippen LogP contribution in [0.25, 0.3) is 0 Å². The zero-order valence-electron chi connectivity index (χ0n) is 15.2. The maximum atomic E-state index is 4.84. The van der Waals surface area contributed by atoms with Gasteiger partial charge in [0.05, 0.1) is 27.7 Å². The lowest BCUT2D eigenvalue weighted by Gasteiger charge is -2.61. The van der Waals surface area contributed by atoms with Gasteiger partial charge in [0.2, 0.25) is 0 Å². The molecule has 0 fully saturated rings. The molecule has 2 atom stereocenters. The zero-order chi connectivity index (χ0) is 16.8. The average Bonchev–Trinajstić information content (AvgIpc) is 3.03. The highest BCUT2D eigenvalue weighted by molar-refractivity contribution is 7.10. The number of anilines is 1.